The van der Waals surface area contributed by atoms with Gasteiger partial charge in [0.2, 0.25) is 5.91 Å². The van der Waals surface area contributed by atoms with Crippen molar-refractivity contribution in [2.45, 2.75) is 38.3 Å². The Labute approximate surface area is 168 Å². The maximum atomic E-state index is 12.4. The summed E-state index contributed by atoms with van der Waals surface area (Å²) in [5, 5.41) is 12.3. The van der Waals surface area contributed by atoms with Crippen LogP contribution >= 0.6 is 0 Å². The van der Waals surface area contributed by atoms with Gasteiger partial charge in [-0.1, -0.05) is 18.2 Å². The number of hydrogen-bond donors (Lipinski definition) is 1. The van der Waals surface area contributed by atoms with E-state index in [0.29, 0.717) is 19.2 Å². The van der Waals surface area contributed by atoms with Gasteiger partial charge < -0.3 is 10.1 Å². The molecule has 2 aliphatic rings. The predicted octanol–water partition coefficient (Wildman–Crippen LogP) is 2.00. The summed E-state index contributed by atoms with van der Waals surface area (Å²) in [6.07, 6.45) is 4.34. The number of piperidine rings is 2. The van der Waals surface area contributed by atoms with Crippen LogP contribution in [0.25, 0.3) is 0 Å². The van der Waals surface area contributed by atoms with E-state index in [2.05, 4.69) is 27.3 Å². The Morgan fingerprint density at radius 3 is 2.79 bits per heavy atom. The van der Waals surface area contributed by atoms with Gasteiger partial charge >= 0.3 is 0 Å². The van der Waals surface area contributed by atoms with Crippen molar-refractivity contribution in [2.24, 2.45) is 5.92 Å². The molecule has 2 aliphatic heterocycles. The summed E-state index contributed by atoms with van der Waals surface area (Å²) in [5.74, 6) is 0.276. The minimum Gasteiger partial charge on any atom is -0.383 e. The molecule has 1 atom stereocenters. The molecule has 0 aliphatic carbocycles. The van der Waals surface area contributed by atoms with Gasteiger partial charge in [-0.15, -0.1) is 0 Å². The van der Waals surface area contributed by atoms with Gasteiger partial charge in [0.15, 0.2) is 0 Å². The van der Waals surface area contributed by atoms with Crippen molar-refractivity contribution < 1.29 is 9.53 Å². The van der Waals surface area contributed by atoms with E-state index in [1.165, 1.54) is 0 Å². The standard InChI is InChI=1S/C22H32N4O2/c1-28-14-10-24-22(27)20-7-4-11-26(17-20)21-8-12-25(13-9-21)16-19-6-3-2-5-18(19)15-23/h2-3,5-6,20-21H,4,7-14,16-17H2,1H3,(H,24,27)/t20-/m1/s1. The summed E-state index contributed by atoms with van der Waals surface area (Å²) < 4.78 is 5.02. The number of carbonyl (C=O) groups excluding carboxylic acids is 1. The van der Waals surface area contributed by atoms with E-state index in [-0.39, 0.29) is 11.8 Å². The lowest BCUT2D eigenvalue weighted by Crippen LogP contribution is -2.50. The molecule has 3 rings (SSSR count). The third kappa shape index (κ3) is 5.54. The van der Waals surface area contributed by atoms with Crippen LogP contribution in [0.1, 0.15) is 36.8 Å². The van der Waals surface area contributed by atoms with Gasteiger partial charge in [-0.3, -0.25) is 14.6 Å². The average Bonchev–Trinajstić information content (AvgIpc) is 2.75. The SMILES string of the molecule is COCCNC(=O)[C@@H]1CCCN(C2CCN(Cc3ccccc3C#N)CC2)C1. The number of rotatable bonds is 7. The number of ether oxygens (including phenoxy) is 1. The molecular weight excluding hydrogens is 352 g/mol. The number of carbonyl (C=O) groups is 1. The highest BCUT2D eigenvalue weighted by molar-refractivity contribution is 5.78. The maximum absolute atomic E-state index is 12.4. The first-order valence-electron chi connectivity index (χ1n) is 10.4. The molecular formula is C22H32N4O2. The molecule has 0 saturated carbocycles. The van der Waals surface area contributed by atoms with Crippen LogP contribution in [0.3, 0.4) is 0 Å². The van der Waals surface area contributed by atoms with E-state index >= 15 is 0 Å². The molecule has 2 saturated heterocycles. The molecule has 1 amide bonds. The Morgan fingerprint density at radius 1 is 1.25 bits per heavy atom. The van der Waals surface area contributed by atoms with E-state index in [1.54, 1.807) is 7.11 Å². The molecule has 152 valence electrons. The third-order valence-corrected chi connectivity index (χ3v) is 6.03. The molecule has 0 spiro atoms. The van der Waals surface area contributed by atoms with E-state index in [4.69, 9.17) is 4.74 Å². The van der Waals surface area contributed by atoms with Crippen molar-refractivity contribution in [3.63, 3.8) is 0 Å². The van der Waals surface area contributed by atoms with Crippen molar-refractivity contribution >= 4 is 5.91 Å². The van der Waals surface area contributed by atoms with E-state index in [9.17, 15) is 10.1 Å². The first kappa shape index (κ1) is 20.8. The summed E-state index contributed by atoms with van der Waals surface area (Å²) >= 11 is 0. The Balaban J connectivity index is 1.46. The molecule has 0 bridgehead atoms. The van der Waals surface area contributed by atoms with Crippen LogP contribution < -0.4 is 5.32 Å². The number of benzene rings is 1. The highest BCUT2D eigenvalue weighted by Gasteiger charge is 2.31. The Bertz CT molecular complexity index is 679. The molecule has 6 nitrogen and oxygen atoms in total. The van der Waals surface area contributed by atoms with Crippen LogP contribution in [0.4, 0.5) is 0 Å². The van der Waals surface area contributed by atoms with Gasteiger partial charge in [-0.25, -0.2) is 0 Å². The van der Waals surface area contributed by atoms with Gasteiger partial charge in [0.25, 0.3) is 0 Å². The number of nitrogens with zero attached hydrogens (tertiary/aromatic N) is 3. The molecule has 28 heavy (non-hydrogen) atoms. The fraction of sp³-hybridized carbons (Fsp3) is 0.636. The second-order valence-corrected chi connectivity index (χ2v) is 7.89. The Morgan fingerprint density at radius 2 is 2.04 bits per heavy atom. The molecule has 1 aromatic carbocycles. The fourth-order valence-electron chi connectivity index (χ4n) is 4.42. The zero-order valence-corrected chi connectivity index (χ0v) is 16.9. The lowest BCUT2D eigenvalue weighted by Gasteiger charge is -2.42. The normalized spacial score (nSPS) is 21.9. The van der Waals surface area contributed by atoms with Crippen LogP contribution in [0, 0.1) is 17.2 Å². The van der Waals surface area contributed by atoms with Gasteiger partial charge in [0, 0.05) is 32.8 Å². The number of hydrogen-bond acceptors (Lipinski definition) is 5. The van der Waals surface area contributed by atoms with Gasteiger partial charge in [0.05, 0.1) is 24.2 Å². The van der Waals surface area contributed by atoms with Crippen molar-refractivity contribution in [3.8, 4) is 6.07 Å². The molecule has 0 aromatic heterocycles. The quantitative estimate of drug-likeness (QED) is 0.728. The molecule has 1 aromatic rings. The Kier molecular flexibility index (Phi) is 7.84. The van der Waals surface area contributed by atoms with Crippen LogP contribution in [-0.2, 0) is 16.1 Å². The first-order chi connectivity index (χ1) is 13.7. The molecule has 6 heteroatoms. The topological polar surface area (TPSA) is 68.6 Å². The largest absolute Gasteiger partial charge is 0.383 e. The number of nitrogens with one attached hydrogen (secondary N) is 1. The summed E-state index contributed by atoms with van der Waals surface area (Å²) in [5.41, 5.74) is 1.90. The molecule has 2 fully saturated rings. The number of amides is 1. The van der Waals surface area contributed by atoms with Gasteiger partial charge in [-0.05, 0) is 56.9 Å². The summed E-state index contributed by atoms with van der Waals surface area (Å²) in [4.78, 5) is 17.4. The minimum absolute atomic E-state index is 0.103. The first-order valence-corrected chi connectivity index (χ1v) is 10.4. The fourth-order valence-corrected chi connectivity index (χ4v) is 4.42. The van der Waals surface area contributed by atoms with Crippen molar-refractivity contribution in [3.05, 3.63) is 35.4 Å². The summed E-state index contributed by atoms with van der Waals surface area (Å²) in [6, 6.07) is 10.8. The summed E-state index contributed by atoms with van der Waals surface area (Å²) in [6.45, 7) is 6.08. The van der Waals surface area contributed by atoms with E-state index < -0.39 is 0 Å². The minimum atomic E-state index is 0.103. The van der Waals surface area contributed by atoms with Crippen LogP contribution in [0.5, 0.6) is 0 Å². The zero-order valence-electron chi connectivity index (χ0n) is 16.9. The summed E-state index contributed by atoms with van der Waals surface area (Å²) in [7, 11) is 1.65. The van der Waals surface area contributed by atoms with Crippen molar-refractivity contribution in [1.82, 2.24) is 15.1 Å². The number of nitriles is 1. The second kappa shape index (κ2) is 10.6. The highest BCUT2D eigenvalue weighted by Crippen LogP contribution is 2.25. The van der Waals surface area contributed by atoms with Crippen LogP contribution in [0.15, 0.2) is 24.3 Å². The lowest BCUT2D eigenvalue weighted by atomic mass is 9.93. The molecule has 0 unspecified atom stereocenters. The maximum Gasteiger partial charge on any atom is 0.224 e. The molecule has 2 heterocycles. The number of methoxy groups -OCH3 is 1. The van der Waals surface area contributed by atoms with Crippen LogP contribution in [0.2, 0.25) is 0 Å². The molecule has 0 radical (unpaired) electrons. The zero-order chi connectivity index (χ0) is 19.8. The predicted molar refractivity (Wildman–Crippen MR) is 109 cm³/mol. The second-order valence-electron chi connectivity index (χ2n) is 7.89. The van der Waals surface area contributed by atoms with Gasteiger partial charge in [0.1, 0.15) is 0 Å². The van der Waals surface area contributed by atoms with E-state index in [1.807, 2.05) is 18.2 Å². The van der Waals surface area contributed by atoms with Crippen molar-refractivity contribution in [2.75, 3.05) is 46.4 Å². The monoisotopic (exact) mass is 384 g/mol. The number of likely N-dealkylation sites (tertiary alicyclic amines) is 2. The Hall–Kier alpha value is -1.94. The highest BCUT2D eigenvalue weighted by atomic mass is 16.5. The smallest absolute Gasteiger partial charge is 0.224 e. The average molecular weight is 385 g/mol. The van der Waals surface area contributed by atoms with Gasteiger partial charge in [-0.2, -0.15) is 5.26 Å². The van der Waals surface area contributed by atoms with E-state index in [0.717, 1.165) is 69.5 Å². The third-order valence-electron chi connectivity index (χ3n) is 6.03. The van der Waals surface area contributed by atoms with Crippen molar-refractivity contribution in [1.29, 1.82) is 5.26 Å². The molecule has 1 N–H and O–H groups in total. The lowest BCUT2D eigenvalue weighted by molar-refractivity contribution is -0.127. The van der Waals surface area contributed by atoms with Crippen LogP contribution in [-0.4, -0.2) is 68.2 Å².